The number of ketones is 1. The number of allylic oxidation sites excluding steroid dienone is 1. The summed E-state index contributed by atoms with van der Waals surface area (Å²) in [6.07, 6.45) is 9.90. The fraction of sp³-hybridized carbons (Fsp3) is 0.840. The molecular weight excluding hydrogens is 348 g/mol. The van der Waals surface area contributed by atoms with Crippen molar-refractivity contribution in [1.82, 2.24) is 0 Å². The number of ether oxygens (including phenoxy) is 1. The molecule has 1 heterocycles. The van der Waals surface area contributed by atoms with Crippen LogP contribution in [0.4, 0.5) is 0 Å². The van der Waals surface area contributed by atoms with E-state index in [0.717, 1.165) is 48.9 Å². The van der Waals surface area contributed by atoms with Crippen molar-refractivity contribution < 1.29 is 14.3 Å². The first-order valence-corrected chi connectivity index (χ1v) is 11.8. The van der Waals surface area contributed by atoms with Crippen LogP contribution in [-0.2, 0) is 14.3 Å². The third-order valence-electron chi connectivity index (χ3n) is 11.2. The Balaban J connectivity index is 1.33. The van der Waals surface area contributed by atoms with Crippen molar-refractivity contribution in [3.8, 4) is 0 Å². The lowest BCUT2D eigenvalue weighted by Gasteiger charge is -2.60. The van der Waals surface area contributed by atoms with E-state index in [4.69, 9.17) is 4.74 Å². The molecule has 0 radical (unpaired) electrons. The summed E-state index contributed by atoms with van der Waals surface area (Å²) in [6, 6.07) is 0. The molecule has 3 unspecified atom stereocenters. The molecule has 1 spiro atoms. The largest absolute Gasteiger partial charge is 0.458 e. The van der Waals surface area contributed by atoms with Crippen molar-refractivity contribution in [2.75, 3.05) is 0 Å². The Kier molecular flexibility index (Phi) is 2.75. The molecule has 3 nitrogen and oxygen atoms in total. The molecule has 6 aliphatic carbocycles. The highest BCUT2D eigenvalue weighted by Gasteiger charge is 2.81. The third kappa shape index (κ3) is 1.61. The van der Waals surface area contributed by atoms with E-state index in [0.29, 0.717) is 17.6 Å². The van der Waals surface area contributed by atoms with Crippen LogP contribution in [0.1, 0.15) is 65.7 Å². The molecule has 11 atom stereocenters. The van der Waals surface area contributed by atoms with Gasteiger partial charge in [0, 0.05) is 24.2 Å². The van der Waals surface area contributed by atoms with Crippen LogP contribution in [0.15, 0.2) is 11.6 Å². The second-order valence-corrected chi connectivity index (χ2v) is 12.1. The summed E-state index contributed by atoms with van der Waals surface area (Å²) >= 11 is 0. The van der Waals surface area contributed by atoms with Crippen LogP contribution in [0.5, 0.6) is 0 Å². The van der Waals surface area contributed by atoms with E-state index in [9.17, 15) is 9.59 Å². The van der Waals surface area contributed by atoms with E-state index in [1.54, 1.807) is 0 Å². The van der Waals surface area contributed by atoms with Crippen molar-refractivity contribution in [2.24, 2.45) is 58.2 Å². The molecule has 6 fully saturated rings. The fourth-order valence-corrected chi connectivity index (χ4v) is 9.92. The molecular formula is C25H32O3. The van der Waals surface area contributed by atoms with Crippen molar-refractivity contribution in [3.63, 3.8) is 0 Å². The molecule has 3 heteroatoms. The summed E-state index contributed by atoms with van der Waals surface area (Å²) in [5.74, 6) is 5.66. The summed E-state index contributed by atoms with van der Waals surface area (Å²) in [5, 5.41) is 0. The second kappa shape index (κ2) is 4.62. The Bertz CT molecular complexity index is 858. The number of hydrogen-bond donors (Lipinski definition) is 0. The molecule has 5 saturated carbocycles. The van der Waals surface area contributed by atoms with Gasteiger partial charge in [0.05, 0.1) is 5.92 Å². The van der Waals surface area contributed by atoms with E-state index >= 15 is 0 Å². The van der Waals surface area contributed by atoms with Gasteiger partial charge in [0.1, 0.15) is 5.60 Å². The van der Waals surface area contributed by atoms with Gasteiger partial charge in [0.25, 0.3) is 0 Å². The van der Waals surface area contributed by atoms with E-state index in [-0.39, 0.29) is 28.3 Å². The molecule has 0 aromatic rings. The zero-order valence-corrected chi connectivity index (χ0v) is 17.4. The zero-order chi connectivity index (χ0) is 19.2. The van der Waals surface area contributed by atoms with Crippen molar-refractivity contribution in [3.05, 3.63) is 11.6 Å². The Labute approximate surface area is 167 Å². The molecule has 28 heavy (non-hydrogen) atoms. The second-order valence-electron chi connectivity index (χ2n) is 12.1. The molecule has 150 valence electrons. The molecule has 0 amide bonds. The van der Waals surface area contributed by atoms with Crippen LogP contribution >= 0.6 is 0 Å². The maximum Gasteiger partial charge on any atom is 0.309 e. The molecule has 0 bridgehead atoms. The Morgan fingerprint density at radius 1 is 1.07 bits per heavy atom. The molecule has 7 aliphatic rings. The zero-order valence-electron chi connectivity index (χ0n) is 17.4. The van der Waals surface area contributed by atoms with Crippen LogP contribution in [0.2, 0.25) is 0 Å². The van der Waals surface area contributed by atoms with Gasteiger partial charge in [-0.05, 0) is 79.1 Å². The predicted molar refractivity (Wildman–Crippen MR) is 104 cm³/mol. The van der Waals surface area contributed by atoms with E-state index < -0.39 is 0 Å². The normalized spacial score (nSPS) is 62.9. The van der Waals surface area contributed by atoms with E-state index in [2.05, 4.69) is 26.8 Å². The van der Waals surface area contributed by atoms with Gasteiger partial charge in [-0.3, -0.25) is 9.59 Å². The Morgan fingerprint density at radius 2 is 1.89 bits per heavy atom. The molecule has 1 aliphatic heterocycles. The van der Waals surface area contributed by atoms with Crippen molar-refractivity contribution in [2.45, 2.75) is 71.3 Å². The number of carbonyl (C=O) groups excluding carboxylic acids is 2. The molecule has 0 aromatic heterocycles. The van der Waals surface area contributed by atoms with Crippen LogP contribution in [0.3, 0.4) is 0 Å². The number of carbonyl (C=O) groups is 2. The number of esters is 1. The first kappa shape index (κ1) is 16.7. The first-order chi connectivity index (χ1) is 13.3. The van der Waals surface area contributed by atoms with Gasteiger partial charge in [0.15, 0.2) is 5.78 Å². The Hall–Kier alpha value is -1.12. The molecule has 0 aromatic carbocycles. The van der Waals surface area contributed by atoms with Gasteiger partial charge in [0.2, 0.25) is 0 Å². The minimum absolute atomic E-state index is 0.0607. The lowest BCUT2D eigenvalue weighted by atomic mass is 9.45. The number of rotatable bonds is 0. The standard InChI is InChI=1S/C25H32O3/c1-12-11-25(28-22(12)27)19-10-16(19)21-20-15-9-14(15)18-8-13(26)4-6-23(18,2)17(20)5-7-24(21,25)3/h8,12,14-17,19-21H,4-7,9-11H2,1-3H3/t12?,14?,15?,16-,17+,19+,20-,21+,23-,24+,25+/m1/s1. The smallest absolute Gasteiger partial charge is 0.309 e. The SMILES string of the molecule is CC1C[C@]2(OC1=O)[C@H]1C[C@H]1[C@H]1[C@@H]3C4CC4C4=CC(=O)CC[C@]4(C)[C@H]3CC[C@@]12C. The highest BCUT2D eigenvalue weighted by Crippen LogP contribution is 2.82. The maximum atomic E-state index is 12.5. The average molecular weight is 381 g/mol. The minimum atomic E-state index is -0.159. The van der Waals surface area contributed by atoms with Crippen molar-refractivity contribution >= 4 is 11.8 Å². The number of hydrogen-bond acceptors (Lipinski definition) is 3. The van der Waals surface area contributed by atoms with Crippen LogP contribution in [0, 0.1) is 58.2 Å². The summed E-state index contributed by atoms with van der Waals surface area (Å²) in [5.41, 5.74) is 1.79. The first-order valence-electron chi connectivity index (χ1n) is 11.8. The highest BCUT2D eigenvalue weighted by molar-refractivity contribution is 5.92. The van der Waals surface area contributed by atoms with Gasteiger partial charge in [-0.2, -0.15) is 0 Å². The van der Waals surface area contributed by atoms with Gasteiger partial charge >= 0.3 is 5.97 Å². The lowest BCUT2D eigenvalue weighted by Crippen LogP contribution is -2.57. The molecule has 7 rings (SSSR count). The highest BCUT2D eigenvalue weighted by atomic mass is 16.6. The topological polar surface area (TPSA) is 43.4 Å². The minimum Gasteiger partial charge on any atom is -0.458 e. The monoisotopic (exact) mass is 380 g/mol. The van der Waals surface area contributed by atoms with Crippen LogP contribution in [-0.4, -0.2) is 17.4 Å². The Morgan fingerprint density at radius 3 is 2.64 bits per heavy atom. The summed E-state index contributed by atoms with van der Waals surface area (Å²) < 4.78 is 6.33. The predicted octanol–water partition coefficient (Wildman–Crippen LogP) is 4.55. The quantitative estimate of drug-likeness (QED) is 0.579. The maximum absolute atomic E-state index is 12.5. The van der Waals surface area contributed by atoms with Gasteiger partial charge in [-0.25, -0.2) is 0 Å². The molecule has 1 saturated heterocycles. The average Bonchev–Trinajstić information content (AvgIpc) is 3.54. The lowest BCUT2D eigenvalue weighted by molar-refractivity contribution is -0.177. The summed E-state index contributed by atoms with van der Waals surface area (Å²) in [6.45, 7) is 7.07. The fourth-order valence-electron chi connectivity index (χ4n) is 9.92. The van der Waals surface area contributed by atoms with Gasteiger partial charge in [-0.1, -0.05) is 26.3 Å². The van der Waals surface area contributed by atoms with E-state index in [1.165, 1.54) is 31.3 Å². The van der Waals surface area contributed by atoms with Crippen LogP contribution < -0.4 is 0 Å². The van der Waals surface area contributed by atoms with Crippen LogP contribution in [0.25, 0.3) is 0 Å². The van der Waals surface area contributed by atoms with Gasteiger partial charge < -0.3 is 4.74 Å². The summed E-state index contributed by atoms with van der Waals surface area (Å²) in [7, 11) is 0. The third-order valence-corrected chi connectivity index (χ3v) is 11.2. The van der Waals surface area contributed by atoms with Gasteiger partial charge in [-0.15, -0.1) is 0 Å². The summed E-state index contributed by atoms with van der Waals surface area (Å²) in [4.78, 5) is 24.7. The molecule has 0 N–H and O–H groups in total. The number of fused-ring (bicyclic) bond motifs is 12. The van der Waals surface area contributed by atoms with Crippen molar-refractivity contribution in [1.29, 1.82) is 0 Å². The van der Waals surface area contributed by atoms with E-state index in [1.807, 2.05) is 0 Å².